The van der Waals surface area contributed by atoms with Crippen LogP contribution in [-0.4, -0.2) is 38.4 Å². The second-order valence-corrected chi connectivity index (χ2v) is 11.2. The highest BCUT2D eigenvalue weighted by Gasteiger charge is 2.35. The number of rotatable bonds is 13. The third-order valence-electron chi connectivity index (χ3n) is 7.77. The summed E-state index contributed by atoms with van der Waals surface area (Å²) in [6.45, 7) is 13.8. The lowest BCUT2D eigenvalue weighted by Crippen LogP contribution is -2.17. The van der Waals surface area contributed by atoms with E-state index in [4.69, 9.17) is 18.9 Å². The Bertz CT molecular complexity index is 1680. The quantitative estimate of drug-likeness (QED) is 0.0871. The molecule has 0 fully saturated rings. The van der Waals surface area contributed by atoms with Crippen LogP contribution in [0.4, 0.5) is 17.1 Å². The molecule has 0 spiro atoms. The molecule has 45 heavy (non-hydrogen) atoms. The van der Waals surface area contributed by atoms with E-state index in [1.807, 2.05) is 12.1 Å². The van der Waals surface area contributed by atoms with E-state index in [-0.39, 0.29) is 31.8 Å². The van der Waals surface area contributed by atoms with Crippen LogP contribution in [0.1, 0.15) is 30.5 Å². The highest BCUT2D eigenvalue weighted by molar-refractivity contribution is 5.86. The van der Waals surface area contributed by atoms with Crippen LogP contribution in [-0.2, 0) is 24.5 Å². The lowest BCUT2D eigenvalue weighted by molar-refractivity contribution is -0.139. The van der Waals surface area contributed by atoms with Crippen molar-refractivity contribution in [3.8, 4) is 22.6 Å². The summed E-state index contributed by atoms with van der Waals surface area (Å²) in [7, 11) is 0. The zero-order valence-corrected chi connectivity index (χ0v) is 25.9. The number of ether oxygens (including phenoxy) is 4. The molecule has 4 aromatic rings. The van der Waals surface area contributed by atoms with Gasteiger partial charge in [0.2, 0.25) is 0 Å². The van der Waals surface area contributed by atoms with Gasteiger partial charge in [-0.2, -0.15) is 0 Å². The average molecular weight is 604 g/mol. The van der Waals surface area contributed by atoms with Crippen molar-refractivity contribution in [1.82, 2.24) is 0 Å². The number of carbonyl (C=O) groups is 2. The van der Waals surface area contributed by atoms with Crippen LogP contribution in [0.15, 0.2) is 110 Å². The third kappa shape index (κ3) is 6.93. The summed E-state index contributed by atoms with van der Waals surface area (Å²) in [5, 5.41) is 0. The molecular formula is C38H37NO6. The Morgan fingerprint density at radius 1 is 0.667 bits per heavy atom. The van der Waals surface area contributed by atoms with Crippen molar-refractivity contribution in [1.29, 1.82) is 0 Å². The van der Waals surface area contributed by atoms with Gasteiger partial charge in [-0.15, -0.1) is 0 Å². The minimum Gasteiger partial charge on any atom is -0.490 e. The number of hydrogen-bond donors (Lipinski definition) is 0. The Morgan fingerprint density at radius 3 is 1.82 bits per heavy atom. The maximum absolute atomic E-state index is 11.5. The number of esters is 2. The predicted octanol–water partition coefficient (Wildman–Crippen LogP) is 7.99. The third-order valence-corrected chi connectivity index (χ3v) is 7.77. The molecule has 0 bridgehead atoms. The van der Waals surface area contributed by atoms with Crippen molar-refractivity contribution in [3.63, 3.8) is 0 Å². The van der Waals surface area contributed by atoms with E-state index < -0.39 is 11.9 Å². The van der Waals surface area contributed by atoms with Crippen molar-refractivity contribution < 1.29 is 28.5 Å². The predicted molar refractivity (Wildman–Crippen MR) is 177 cm³/mol. The Labute approximate surface area is 264 Å². The lowest BCUT2D eigenvalue weighted by Gasteiger charge is -2.29. The smallest absolute Gasteiger partial charge is 0.330 e. The van der Waals surface area contributed by atoms with Gasteiger partial charge in [-0.3, -0.25) is 0 Å². The molecule has 0 heterocycles. The number of carbonyl (C=O) groups excluding carboxylic acids is 2. The molecule has 0 N–H and O–H groups in total. The maximum Gasteiger partial charge on any atom is 0.330 e. The highest BCUT2D eigenvalue weighted by Crippen LogP contribution is 2.50. The first-order chi connectivity index (χ1) is 21.7. The summed E-state index contributed by atoms with van der Waals surface area (Å²) < 4.78 is 22.2. The van der Waals surface area contributed by atoms with Crippen LogP contribution in [0.2, 0.25) is 0 Å². The largest absolute Gasteiger partial charge is 0.490 e. The fraction of sp³-hybridized carbons (Fsp3) is 0.211. The topological polar surface area (TPSA) is 74.3 Å². The van der Waals surface area contributed by atoms with Crippen LogP contribution in [0, 0.1) is 6.92 Å². The number of nitrogens with zero attached hydrogens (tertiary/aromatic N) is 1. The summed E-state index contributed by atoms with van der Waals surface area (Å²) >= 11 is 0. The van der Waals surface area contributed by atoms with Crippen molar-refractivity contribution in [3.05, 3.63) is 127 Å². The summed E-state index contributed by atoms with van der Waals surface area (Å²) in [4.78, 5) is 25.2. The van der Waals surface area contributed by atoms with Crippen LogP contribution < -0.4 is 14.4 Å². The van der Waals surface area contributed by atoms with E-state index in [9.17, 15) is 9.59 Å². The Kier molecular flexibility index (Phi) is 9.38. The molecule has 1 aliphatic rings. The number of hydrogen-bond acceptors (Lipinski definition) is 7. The van der Waals surface area contributed by atoms with Gasteiger partial charge in [0.1, 0.15) is 37.9 Å². The lowest BCUT2D eigenvalue weighted by atomic mass is 9.82. The van der Waals surface area contributed by atoms with Crippen molar-refractivity contribution >= 4 is 29.0 Å². The van der Waals surface area contributed by atoms with Crippen LogP contribution in [0.3, 0.4) is 0 Å². The fourth-order valence-corrected chi connectivity index (χ4v) is 5.55. The Hall–Kier alpha value is -5.30. The van der Waals surface area contributed by atoms with Gasteiger partial charge in [-0.1, -0.05) is 75.0 Å². The molecule has 4 aromatic carbocycles. The van der Waals surface area contributed by atoms with Gasteiger partial charge < -0.3 is 23.8 Å². The van der Waals surface area contributed by atoms with Crippen molar-refractivity contribution in [2.75, 3.05) is 31.3 Å². The van der Waals surface area contributed by atoms with Gasteiger partial charge >= 0.3 is 11.9 Å². The molecule has 0 radical (unpaired) electrons. The zero-order chi connectivity index (χ0) is 32.0. The van der Waals surface area contributed by atoms with E-state index >= 15 is 0 Å². The van der Waals surface area contributed by atoms with Gasteiger partial charge in [0, 0.05) is 47.1 Å². The maximum atomic E-state index is 11.5. The van der Waals surface area contributed by atoms with Gasteiger partial charge in [-0.25, -0.2) is 9.59 Å². The normalized spacial score (nSPS) is 12.3. The molecule has 7 heteroatoms. The first-order valence-corrected chi connectivity index (χ1v) is 14.8. The highest BCUT2D eigenvalue weighted by atomic mass is 16.6. The van der Waals surface area contributed by atoms with Gasteiger partial charge in [0.25, 0.3) is 0 Å². The molecule has 230 valence electrons. The molecule has 0 saturated heterocycles. The summed E-state index contributed by atoms with van der Waals surface area (Å²) in [5.74, 6) is 0.00726. The van der Waals surface area contributed by atoms with E-state index in [2.05, 4.69) is 106 Å². The molecule has 0 saturated carbocycles. The fourth-order valence-electron chi connectivity index (χ4n) is 5.55. The molecule has 7 nitrogen and oxygen atoms in total. The van der Waals surface area contributed by atoms with E-state index in [1.54, 1.807) is 6.07 Å². The number of anilines is 3. The van der Waals surface area contributed by atoms with Crippen LogP contribution in [0.25, 0.3) is 11.1 Å². The molecular weight excluding hydrogens is 566 g/mol. The SMILES string of the molecule is C=CC(=O)OCCOc1cc(OCCOC(=O)C=C)cc(N(c2ccc(C)cc2)c2ccc3c(c2)C(C)(C)c2ccccc2-3)c1. The minimum absolute atomic E-state index is 0.0604. The van der Waals surface area contributed by atoms with Crippen LogP contribution >= 0.6 is 0 Å². The van der Waals surface area contributed by atoms with Gasteiger partial charge in [-0.05, 0) is 53.4 Å². The van der Waals surface area contributed by atoms with Crippen molar-refractivity contribution in [2.24, 2.45) is 0 Å². The van der Waals surface area contributed by atoms with Gasteiger partial charge in [0.15, 0.2) is 0 Å². The Balaban J connectivity index is 1.55. The average Bonchev–Trinajstić information content (AvgIpc) is 3.28. The second kappa shape index (κ2) is 13.6. The monoisotopic (exact) mass is 603 g/mol. The number of aryl methyl sites for hydroxylation is 1. The number of fused-ring (bicyclic) bond motifs is 3. The second-order valence-electron chi connectivity index (χ2n) is 11.2. The molecule has 0 aromatic heterocycles. The summed E-state index contributed by atoms with van der Waals surface area (Å²) in [6, 6.07) is 29.1. The standard InChI is InChI=1S/C38H37NO6/c1-6-36(40)44-20-18-42-30-22-29(23-31(25-30)43-19-21-45-37(41)7-2)39(27-14-12-26(3)13-15-27)28-16-17-33-32-10-8-9-11-34(32)38(4,5)35(33)24-28/h6-17,22-25H,1-2,18-21H2,3-5H3. The first-order valence-electron chi connectivity index (χ1n) is 14.8. The minimum atomic E-state index is -0.516. The molecule has 0 amide bonds. The summed E-state index contributed by atoms with van der Waals surface area (Å²) in [5.41, 5.74) is 8.73. The van der Waals surface area contributed by atoms with Crippen LogP contribution in [0.5, 0.6) is 11.5 Å². The Morgan fingerprint density at radius 2 is 1.22 bits per heavy atom. The first kappa shape index (κ1) is 31.1. The van der Waals surface area contributed by atoms with E-state index in [0.717, 1.165) is 34.8 Å². The molecule has 1 aliphatic carbocycles. The van der Waals surface area contributed by atoms with Crippen molar-refractivity contribution in [2.45, 2.75) is 26.2 Å². The molecule has 0 atom stereocenters. The van der Waals surface area contributed by atoms with E-state index in [1.165, 1.54) is 22.3 Å². The summed E-state index contributed by atoms with van der Waals surface area (Å²) in [6.07, 6.45) is 2.23. The molecule has 0 aliphatic heterocycles. The van der Waals surface area contributed by atoms with Gasteiger partial charge in [0.05, 0.1) is 5.69 Å². The number of benzene rings is 4. The van der Waals surface area contributed by atoms with E-state index in [0.29, 0.717) is 11.5 Å². The molecule has 5 rings (SSSR count). The zero-order valence-electron chi connectivity index (χ0n) is 25.9. The molecule has 0 unspecified atom stereocenters.